The van der Waals surface area contributed by atoms with Crippen molar-refractivity contribution in [2.75, 3.05) is 0 Å². The Morgan fingerprint density at radius 3 is 2.19 bits per heavy atom. The maximum absolute atomic E-state index is 11.4. The van der Waals surface area contributed by atoms with Gasteiger partial charge in [-0.2, -0.15) is 0 Å². The van der Waals surface area contributed by atoms with Crippen molar-refractivity contribution in [3.63, 3.8) is 0 Å². The number of hydrogen-bond donors (Lipinski definition) is 0. The average molecular weight is 240 g/mol. The van der Waals surface area contributed by atoms with Crippen LogP contribution < -0.4 is 0 Å². The molecule has 0 aromatic carbocycles. The lowest BCUT2D eigenvalue weighted by atomic mass is 10.2. The molecule has 16 heavy (non-hydrogen) atoms. The molecule has 0 aromatic heterocycles. The van der Waals surface area contributed by atoms with E-state index in [0.29, 0.717) is 6.42 Å². The first-order valence-electron chi connectivity index (χ1n) is 5.78. The Balaban J connectivity index is 5.03. The molecule has 0 aliphatic heterocycles. The standard InChI is InChI=1S/C13H24O2Si/c1-8-10-12(15-11(14)9-2)16(6,7)13(3,4)5/h12H,9H2,1-7H3/t12-/m0/s1. The highest BCUT2D eigenvalue weighted by atomic mass is 28.3. The smallest absolute Gasteiger partial charge is 0.306 e. The first-order valence-corrected chi connectivity index (χ1v) is 8.86. The third-order valence-corrected chi connectivity index (χ3v) is 8.84. The second kappa shape index (κ2) is 5.54. The van der Waals surface area contributed by atoms with Crippen LogP contribution in [0.15, 0.2) is 0 Å². The van der Waals surface area contributed by atoms with Gasteiger partial charge < -0.3 is 4.74 Å². The van der Waals surface area contributed by atoms with Gasteiger partial charge in [0.15, 0.2) is 0 Å². The Morgan fingerprint density at radius 1 is 1.38 bits per heavy atom. The predicted molar refractivity (Wildman–Crippen MR) is 70.8 cm³/mol. The van der Waals surface area contributed by atoms with Gasteiger partial charge in [0.1, 0.15) is 13.8 Å². The zero-order chi connectivity index (χ0) is 13.0. The van der Waals surface area contributed by atoms with Crippen LogP contribution in [0.3, 0.4) is 0 Å². The van der Waals surface area contributed by atoms with Crippen molar-refractivity contribution in [1.29, 1.82) is 0 Å². The fourth-order valence-corrected chi connectivity index (χ4v) is 2.81. The van der Waals surface area contributed by atoms with Gasteiger partial charge in [-0.05, 0) is 12.0 Å². The van der Waals surface area contributed by atoms with Gasteiger partial charge in [0.2, 0.25) is 0 Å². The number of esters is 1. The molecular formula is C13H24O2Si. The van der Waals surface area contributed by atoms with Gasteiger partial charge >= 0.3 is 5.97 Å². The number of carbonyl (C=O) groups excluding carboxylic acids is 1. The van der Waals surface area contributed by atoms with Crippen LogP contribution in [0, 0.1) is 11.8 Å². The highest BCUT2D eigenvalue weighted by molar-refractivity contribution is 6.82. The van der Waals surface area contributed by atoms with E-state index in [1.165, 1.54) is 0 Å². The first-order chi connectivity index (χ1) is 7.16. The monoisotopic (exact) mass is 240 g/mol. The summed E-state index contributed by atoms with van der Waals surface area (Å²) in [5.74, 6) is 5.79. The van der Waals surface area contributed by atoms with E-state index in [9.17, 15) is 4.79 Å². The lowest BCUT2D eigenvalue weighted by Gasteiger charge is -2.39. The summed E-state index contributed by atoms with van der Waals surface area (Å²) in [6, 6.07) is 0. The summed E-state index contributed by atoms with van der Waals surface area (Å²) in [7, 11) is -1.75. The van der Waals surface area contributed by atoms with Crippen LogP contribution in [0.2, 0.25) is 18.1 Å². The van der Waals surface area contributed by atoms with Crippen LogP contribution in [0.1, 0.15) is 41.0 Å². The highest BCUT2D eigenvalue weighted by Gasteiger charge is 2.44. The topological polar surface area (TPSA) is 26.3 Å². The molecule has 0 amide bonds. The molecule has 0 unspecified atom stereocenters. The second-order valence-electron chi connectivity index (χ2n) is 5.59. The SMILES string of the molecule is CC#C[C@@H](OC(=O)CC)[Si](C)(C)C(C)(C)C. The van der Waals surface area contributed by atoms with Gasteiger partial charge in [0.25, 0.3) is 0 Å². The molecule has 0 aliphatic carbocycles. The number of rotatable bonds is 3. The predicted octanol–water partition coefficient (Wildman–Crippen LogP) is 3.38. The van der Waals surface area contributed by atoms with Crippen LogP contribution in [-0.4, -0.2) is 19.8 Å². The quantitative estimate of drug-likeness (QED) is 0.429. The van der Waals surface area contributed by atoms with Crippen LogP contribution in [0.5, 0.6) is 0 Å². The molecule has 1 atom stereocenters. The minimum Gasteiger partial charge on any atom is -0.453 e. The van der Waals surface area contributed by atoms with E-state index in [1.807, 2.05) is 6.92 Å². The van der Waals surface area contributed by atoms with Crippen molar-refractivity contribution in [3.05, 3.63) is 0 Å². The lowest BCUT2D eigenvalue weighted by molar-refractivity contribution is -0.143. The Kier molecular flexibility index (Phi) is 5.28. The van der Waals surface area contributed by atoms with Gasteiger partial charge in [0.05, 0.1) is 0 Å². The zero-order valence-electron chi connectivity index (χ0n) is 11.6. The molecule has 0 saturated heterocycles. The summed E-state index contributed by atoms with van der Waals surface area (Å²) < 4.78 is 5.48. The molecule has 0 aromatic rings. The maximum atomic E-state index is 11.4. The summed E-state index contributed by atoms with van der Waals surface area (Å²) in [4.78, 5) is 11.4. The van der Waals surface area contributed by atoms with Crippen LogP contribution in [0.25, 0.3) is 0 Å². The summed E-state index contributed by atoms with van der Waals surface area (Å²) in [5.41, 5.74) is -0.204. The van der Waals surface area contributed by atoms with Gasteiger partial charge in [-0.1, -0.05) is 46.7 Å². The molecule has 0 radical (unpaired) electrons. The molecular weight excluding hydrogens is 216 g/mol. The molecule has 0 rings (SSSR count). The number of ether oxygens (including phenoxy) is 1. The van der Waals surface area contributed by atoms with Crippen LogP contribution >= 0.6 is 0 Å². The molecule has 0 fully saturated rings. The third-order valence-electron chi connectivity index (χ3n) is 3.40. The molecule has 0 saturated carbocycles. The Bertz CT molecular complexity index is 302. The van der Waals surface area contributed by atoms with Crippen LogP contribution in [-0.2, 0) is 9.53 Å². The molecule has 0 spiro atoms. The Labute approximate surface area is 101 Å². The van der Waals surface area contributed by atoms with E-state index < -0.39 is 8.07 Å². The largest absolute Gasteiger partial charge is 0.453 e. The molecule has 3 heteroatoms. The zero-order valence-corrected chi connectivity index (χ0v) is 12.6. The fourth-order valence-electron chi connectivity index (χ4n) is 1.10. The van der Waals surface area contributed by atoms with E-state index in [-0.39, 0.29) is 16.7 Å². The second-order valence-corrected chi connectivity index (χ2v) is 11.1. The van der Waals surface area contributed by atoms with Crippen LogP contribution in [0.4, 0.5) is 0 Å². The normalized spacial score (nSPS) is 13.7. The molecule has 0 bridgehead atoms. The molecule has 2 nitrogen and oxygen atoms in total. The van der Waals surface area contributed by atoms with E-state index in [1.54, 1.807) is 6.92 Å². The summed E-state index contributed by atoms with van der Waals surface area (Å²) >= 11 is 0. The number of hydrogen-bond acceptors (Lipinski definition) is 2. The summed E-state index contributed by atoms with van der Waals surface area (Å²) in [5, 5.41) is 0.162. The van der Waals surface area contributed by atoms with Crippen molar-refractivity contribution in [2.45, 2.75) is 64.9 Å². The minimum atomic E-state index is -1.75. The van der Waals surface area contributed by atoms with E-state index in [4.69, 9.17) is 4.74 Å². The van der Waals surface area contributed by atoms with E-state index in [2.05, 4.69) is 45.7 Å². The lowest BCUT2D eigenvalue weighted by Crippen LogP contribution is -2.50. The van der Waals surface area contributed by atoms with Gasteiger partial charge in [0, 0.05) is 6.42 Å². The van der Waals surface area contributed by atoms with Gasteiger partial charge in [-0.15, -0.1) is 5.92 Å². The van der Waals surface area contributed by atoms with Crippen molar-refractivity contribution in [2.24, 2.45) is 0 Å². The Hall–Kier alpha value is -0.753. The number of carbonyl (C=O) groups is 1. The van der Waals surface area contributed by atoms with E-state index in [0.717, 1.165) is 0 Å². The third kappa shape index (κ3) is 3.68. The summed E-state index contributed by atoms with van der Waals surface area (Å²) in [6.07, 6.45) is 0.413. The molecule has 92 valence electrons. The fraction of sp³-hybridized carbons (Fsp3) is 0.769. The molecule has 0 N–H and O–H groups in total. The van der Waals surface area contributed by atoms with Gasteiger partial charge in [-0.25, -0.2) is 0 Å². The first kappa shape index (κ1) is 15.2. The van der Waals surface area contributed by atoms with Crippen molar-refractivity contribution in [1.82, 2.24) is 0 Å². The van der Waals surface area contributed by atoms with Crippen molar-refractivity contribution < 1.29 is 9.53 Å². The Morgan fingerprint density at radius 2 is 1.88 bits per heavy atom. The van der Waals surface area contributed by atoms with Crippen molar-refractivity contribution >= 4 is 14.0 Å². The van der Waals surface area contributed by atoms with E-state index >= 15 is 0 Å². The summed E-state index contributed by atoms with van der Waals surface area (Å²) in [6.45, 7) is 14.6. The van der Waals surface area contributed by atoms with Gasteiger partial charge in [-0.3, -0.25) is 4.79 Å². The molecule has 0 aliphatic rings. The highest BCUT2D eigenvalue weighted by Crippen LogP contribution is 2.39. The maximum Gasteiger partial charge on any atom is 0.306 e. The van der Waals surface area contributed by atoms with Crippen molar-refractivity contribution in [3.8, 4) is 11.8 Å². The average Bonchev–Trinajstić information content (AvgIpc) is 2.15. The minimum absolute atomic E-state index is 0.155. The molecule has 0 heterocycles.